The maximum Gasteiger partial charge on any atom is 0.253 e. The van der Waals surface area contributed by atoms with Crippen LogP contribution in [0.15, 0.2) is 30.3 Å². The number of nitrogens with zero attached hydrogens (tertiary/aromatic N) is 4. The summed E-state index contributed by atoms with van der Waals surface area (Å²) in [5.74, 6) is -6.35. The molecule has 1 unspecified atom stereocenters. The van der Waals surface area contributed by atoms with Gasteiger partial charge in [0.15, 0.2) is 0 Å². The Balaban J connectivity index is 1.45. The van der Waals surface area contributed by atoms with Crippen LogP contribution < -0.4 is 9.80 Å². The molecule has 3 heterocycles. The molecule has 0 bridgehead atoms. The summed E-state index contributed by atoms with van der Waals surface area (Å²) in [5.41, 5.74) is 0.0915. The summed E-state index contributed by atoms with van der Waals surface area (Å²) < 4.78 is 54.7. The van der Waals surface area contributed by atoms with Crippen molar-refractivity contribution in [2.75, 3.05) is 42.5 Å². The van der Waals surface area contributed by atoms with Gasteiger partial charge >= 0.3 is 0 Å². The third-order valence-corrected chi connectivity index (χ3v) is 5.29. The molecule has 1 amide bonds. The lowest BCUT2D eigenvalue weighted by molar-refractivity contribution is -0.121. The van der Waals surface area contributed by atoms with E-state index in [1.54, 1.807) is 4.90 Å². The molecule has 5 nitrogen and oxygen atoms in total. The average Bonchev–Trinajstić information content (AvgIpc) is 3.09. The molecule has 0 spiro atoms. The van der Waals surface area contributed by atoms with Gasteiger partial charge in [-0.3, -0.25) is 9.69 Å². The molecule has 0 aliphatic carbocycles. The number of carbonyl (C=O) groups is 1. The molecule has 0 N–H and O–H groups in total. The second-order valence-electron chi connectivity index (χ2n) is 6.82. The molecule has 1 atom stereocenters. The maximum absolute atomic E-state index is 14.0. The van der Waals surface area contributed by atoms with E-state index in [2.05, 4.69) is 4.98 Å². The number of anilines is 2. The minimum atomic E-state index is -1.67. The van der Waals surface area contributed by atoms with Crippen molar-refractivity contribution in [3.8, 4) is 0 Å². The van der Waals surface area contributed by atoms with Crippen molar-refractivity contribution in [1.29, 1.82) is 0 Å². The van der Waals surface area contributed by atoms with Crippen LogP contribution in [0, 0.1) is 23.5 Å². The van der Waals surface area contributed by atoms with Crippen molar-refractivity contribution in [2.24, 2.45) is 0 Å². The number of para-hydroxylation sites is 1. The van der Waals surface area contributed by atoms with Crippen molar-refractivity contribution in [1.82, 2.24) is 9.88 Å². The minimum Gasteiger partial charge on any atom is -0.364 e. The first-order chi connectivity index (χ1) is 13.5. The summed E-state index contributed by atoms with van der Waals surface area (Å²) in [6, 6.07) is 9.04. The number of piperazine rings is 1. The zero-order valence-corrected chi connectivity index (χ0v) is 14.9. The molecule has 4 rings (SSSR count). The van der Waals surface area contributed by atoms with E-state index in [0.717, 1.165) is 5.69 Å². The standard InChI is InChI=1S/C19H18F4N4O/c20-14-16(15(21)18(23)24-17(14)22)26-10-8-25(9-11-26)13-6-7-27(19(13)28)12-4-2-1-3-5-12/h1-5,13H,6-11H2. The number of carbonyl (C=O) groups excluding carboxylic acids is 1. The number of hydrogen-bond donors (Lipinski definition) is 0. The Bertz CT molecular complexity index is 861. The number of aromatic nitrogens is 1. The number of halogens is 4. The van der Waals surface area contributed by atoms with E-state index in [-0.39, 0.29) is 25.0 Å². The molecule has 1 aromatic heterocycles. The highest BCUT2D eigenvalue weighted by Crippen LogP contribution is 2.29. The SMILES string of the molecule is O=C1C(N2CCN(c3c(F)c(F)nc(F)c3F)CC2)CCN1c1ccccc1. The third-order valence-electron chi connectivity index (χ3n) is 5.29. The van der Waals surface area contributed by atoms with E-state index in [0.29, 0.717) is 26.1 Å². The molecular weight excluding hydrogens is 376 g/mol. The Morgan fingerprint density at radius 1 is 0.857 bits per heavy atom. The van der Waals surface area contributed by atoms with Gasteiger partial charge in [-0.05, 0) is 18.6 Å². The van der Waals surface area contributed by atoms with Crippen LogP contribution in [0.2, 0.25) is 0 Å². The first-order valence-electron chi connectivity index (χ1n) is 9.03. The number of benzene rings is 1. The molecule has 28 heavy (non-hydrogen) atoms. The fourth-order valence-corrected chi connectivity index (χ4v) is 3.88. The van der Waals surface area contributed by atoms with E-state index in [1.165, 1.54) is 4.90 Å². The average molecular weight is 394 g/mol. The molecule has 2 aromatic rings. The fraction of sp³-hybridized carbons (Fsp3) is 0.368. The summed E-state index contributed by atoms with van der Waals surface area (Å²) in [6.45, 7) is 1.59. The van der Waals surface area contributed by atoms with Gasteiger partial charge in [-0.1, -0.05) is 18.2 Å². The highest BCUT2D eigenvalue weighted by Gasteiger charge is 2.38. The van der Waals surface area contributed by atoms with Gasteiger partial charge in [0.25, 0.3) is 11.9 Å². The quantitative estimate of drug-likeness (QED) is 0.593. The third kappa shape index (κ3) is 3.19. The molecule has 2 fully saturated rings. The second-order valence-corrected chi connectivity index (χ2v) is 6.82. The van der Waals surface area contributed by atoms with Crippen LogP contribution in [-0.4, -0.2) is 54.6 Å². The maximum atomic E-state index is 14.0. The summed E-state index contributed by atoms with van der Waals surface area (Å²) in [6.07, 6.45) is 0.648. The van der Waals surface area contributed by atoms with Crippen LogP contribution >= 0.6 is 0 Å². The normalized spacial score (nSPS) is 20.9. The predicted molar refractivity (Wildman–Crippen MR) is 95.1 cm³/mol. The number of rotatable bonds is 3. The largest absolute Gasteiger partial charge is 0.364 e. The lowest BCUT2D eigenvalue weighted by atomic mass is 10.1. The van der Waals surface area contributed by atoms with Gasteiger partial charge in [0, 0.05) is 38.4 Å². The number of amides is 1. The second kappa shape index (κ2) is 7.38. The zero-order valence-electron chi connectivity index (χ0n) is 14.9. The predicted octanol–water partition coefficient (Wildman–Crippen LogP) is 2.57. The van der Waals surface area contributed by atoms with Crippen LogP contribution in [0.25, 0.3) is 0 Å². The van der Waals surface area contributed by atoms with Crippen molar-refractivity contribution in [3.05, 3.63) is 53.9 Å². The molecule has 148 valence electrons. The first kappa shape index (κ1) is 18.7. The Hall–Kier alpha value is -2.68. The summed E-state index contributed by atoms with van der Waals surface area (Å²) >= 11 is 0. The van der Waals surface area contributed by atoms with E-state index in [4.69, 9.17) is 0 Å². The van der Waals surface area contributed by atoms with Gasteiger partial charge in [0.1, 0.15) is 5.69 Å². The molecule has 0 saturated carbocycles. The van der Waals surface area contributed by atoms with Crippen LogP contribution in [0.1, 0.15) is 6.42 Å². The number of pyridine rings is 1. The highest BCUT2D eigenvalue weighted by atomic mass is 19.2. The Morgan fingerprint density at radius 3 is 2.07 bits per heavy atom. The fourth-order valence-electron chi connectivity index (χ4n) is 3.88. The van der Waals surface area contributed by atoms with Crippen molar-refractivity contribution in [3.63, 3.8) is 0 Å². The Morgan fingerprint density at radius 2 is 1.46 bits per heavy atom. The van der Waals surface area contributed by atoms with Crippen LogP contribution in [0.5, 0.6) is 0 Å². The van der Waals surface area contributed by atoms with E-state index >= 15 is 0 Å². The molecule has 2 aliphatic heterocycles. The van der Waals surface area contributed by atoms with Gasteiger partial charge in [-0.25, -0.2) is 0 Å². The van der Waals surface area contributed by atoms with Crippen molar-refractivity contribution in [2.45, 2.75) is 12.5 Å². The molecular formula is C19H18F4N4O. The van der Waals surface area contributed by atoms with E-state index < -0.39 is 29.2 Å². The monoisotopic (exact) mass is 394 g/mol. The molecule has 2 saturated heterocycles. The summed E-state index contributed by atoms with van der Waals surface area (Å²) in [5, 5.41) is 0. The van der Waals surface area contributed by atoms with Crippen LogP contribution in [-0.2, 0) is 4.79 Å². The molecule has 2 aliphatic rings. The van der Waals surface area contributed by atoms with E-state index in [9.17, 15) is 22.4 Å². The number of hydrogen-bond acceptors (Lipinski definition) is 4. The highest BCUT2D eigenvalue weighted by molar-refractivity contribution is 5.99. The first-order valence-corrected chi connectivity index (χ1v) is 9.03. The van der Waals surface area contributed by atoms with Gasteiger partial charge in [0.05, 0.1) is 6.04 Å². The van der Waals surface area contributed by atoms with Gasteiger partial charge in [-0.15, -0.1) is 0 Å². The Kier molecular flexibility index (Phi) is 4.92. The van der Waals surface area contributed by atoms with Crippen LogP contribution in [0.4, 0.5) is 28.9 Å². The smallest absolute Gasteiger partial charge is 0.253 e. The molecule has 9 heteroatoms. The Labute approximate surface area is 159 Å². The van der Waals surface area contributed by atoms with Gasteiger partial charge in [0.2, 0.25) is 17.5 Å². The topological polar surface area (TPSA) is 39.7 Å². The van der Waals surface area contributed by atoms with Crippen LogP contribution in [0.3, 0.4) is 0 Å². The van der Waals surface area contributed by atoms with Crippen molar-refractivity contribution < 1.29 is 22.4 Å². The van der Waals surface area contributed by atoms with Crippen molar-refractivity contribution >= 4 is 17.3 Å². The summed E-state index contributed by atoms with van der Waals surface area (Å²) in [4.78, 5) is 20.3. The van der Waals surface area contributed by atoms with Gasteiger partial charge < -0.3 is 9.80 Å². The summed E-state index contributed by atoms with van der Waals surface area (Å²) in [7, 11) is 0. The molecule has 1 aromatic carbocycles. The lowest BCUT2D eigenvalue weighted by Crippen LogP contribution is -2.53. The zero-order chi connectivity index (χ0) is 19.8. The van der Waals surface area contributed by atoms with Gasteiger partial charge in [-0.2, -0.15) is 22.5 Å². The van der Waals surface area contributed by atoms with E-state index in [1.807, 2.05) is 35.2 Å². The lowest BCUT2D eigenvalue weighted by Gasteiger charge is -2.38. The minimum absolute atomic E-state index is 0.0157. The molecule has 0 radical (unpaired) electrons.